The molecule has 1 saturated carbocycles. The number of ether oxygens (including phenoxy) is 2. The van der Waals surface area contributed by atoms with Crippen LogP contribution in [0.15, 0.2) is 60.7 Å². The first-order valence-electron chi connectivity index (χ1n) is 12.9. The smallest absolute Gasteiger partial charge is 0.307 e. The minimum atomic E-state index is -0.698. The van der Waals surface area contributed by atoms with E-state index in [4.69, 9.17) is 9.47 Å². The second-order valence-corrected chi connectivity index (χ2v) is 11.2. The topological polar surface area (TPSA) is 55.8 Å². The number of fused-ring (bicyclic) bond motifs is 3. The maximum absolute atomic E-state index is 15.0. The SMILES string of the molecule is COc1ccc(F)c(-c2ccc(COc3ccc4c(c3)[C@@H]3[C@H](C4)[C@@H]3C(=O)O)cc2C2=CCCC2(C)C)c1. The van der Waals surface area contributed by atoms with Crippen LogP contribution in [0.5, 0.6) is 11.5 Å². The van der Waals surface area contributed by atoms with Crippen molar-refractivity contribution >= 4 is 11.5 Å². The van der Waals surface area contributed by atoms with E-state index in [1.165, 1.54) is 17.2 Å². The molecule has 3 aliphatic carbocycles. The fraction of sp³-hybridized carbons (Fsp3) is 0.344. The highest BCUT2D eigenvalue weighted by molar-refractivity contribution is 5.85. The van der Waals surface area contributed by atoms with Gasteiger partial charge >= 0.3 is 5.97 Å². The van der Waals surface area contributed by atoms with Crippen LogP contribution in [0.3, 0.4) is 0 Å². The van der Waals surface area contributed by atoms with E-state index in [0.717, 1.165) is 47.3 Å². The van der Waals surface area contributed by atoms with Crippen molar-refractivity contribution in [3.8, 4) is 22.6 Å². The molecule has 0 spiro atoms. The maximum Gasteiger partial charge on any atom is 0.307 e. The van der Waals surface area contributed by atoms with Crippen LogP contribution in [-0.4, -0.2) is 18.2 Å². The summed E-state index contributed by atoms with van der Waals surface area (Å²) in [6, 6.07) is 17.0. The molecule has 3 aromatic carbocycles. The number of carboxylic acid groups (broad SMARTS) is 1. The van der Waals surface area contributed by atoms with E-state index in [9.17, 15) is 9.90 Å². The van der Waals surface area contributed by atoms with Crippen molar-refractivity contribution in [3.05, 3.63) is 88.7 Å². The number of benzene rings is 3. The second kappa shape index (κ2) is 8.76. The van der Waals surface area contributed by atoms with Crippen LogP contribution in [0.25, 0.3) is 16.7 Å². The molecule has 4 nitrogen and oxygen atoms in total. The quantitative estimate of drug-likeness (QED) is 0.373. The number of carbonyl (C=O) groups is 1. The summed E-state index contributed by atoms with van der Waals surface area (Å²) in [7, 11) is 1.59. The molecule has 0 heterocycles. The van der Waals surface area contributed by atoms with Crippen molar-refractivity contribution in [1.82, 2.24) is 0 Å². The number of carboxylic acids is 1. The molecule has 0 amide bonds. The van der Waals surface area contributed by atoms with Gasteiger partial charge in [0.15, 0.2) is 0 Å². The number of allylic oxidation sites excluding steroid dienone is 2. The third-order valence-corrected chi connectivity index (χ3v) is 8.48. The van der Waals surface area contributed by atoms with Gasteiger partial charge in [0.1, 0.15) is 23.9 Å². The molecule has 1 N–H and O–H groups in total. The third-order valence-electron chi connectivity index (χ3n) is 8.48. The summed E-state index contributed by atoms with van der Waals surface area (Å²) in [6.07, 6.45) is 5.16. The highest BCUT2D eigenvalue weighted by atomic mass is 19.1. The van der Waals surface area contributed by atoms with E-state index < -0.39 is 5.97 Å². The van der Waals surface area contributed by atoms with Crippen LogP contribution in [0.1, 0.15) is 54.9 Å². The molecular weight excluding hydrogens is 467 g/mol. The third kappa shape index (κ3) is 4.11. The lowest BCUT2D eigenvalue weighted by Crippen LogP contribution is -2.10. The summed E-state index contributed by atoms with van der Waals surface area (Å²) >= 11 is 0. The average Bonchev–Trinajstić information content (AvgIpc) is 3.31. The Morgan fingerprint density at radius 3 is 2.57 bits per heavy atom. The molecule has 3 aromatic rings. The first-order chi connectivity index (χ1) is 17.8. The van der Waals surface area contributed by atoms with Gasteiger partial charge < -0.3 is 14.6 Å². The Balaban J connectivity index is 1.30. The van der Waals surface area contributed by atoms with Crippen molar-refractivity contribution in [2.24, 2.45) is 17.3 Å². The lowest BCUT2D eigenvalue weighted by molar-refractivity contribution is -0.139. The van der Waals surface area contributed by atoms with E-state index >= 15 is 4.39 Å². The zero-order valence-corrected chi connectivity index (χ0v) is 21.4. The summed E-state index contributed by atoms with van der Waals surface area (Å²) in [4.78, 5) is 11.5. The Kier molecular flexibility index (Phi) is 5.63. The molecule has 37 heavy (non-hydrogen) atoms. The number of hydrogen-bond donors (Lipinski definition) is 1. The Morgan fingerprint density at radius 1 is 1.03 bits per heavy atom. The van der Waals surface area contributed by atoms with E-state index in [1.807, 2.05) is 24.3 Å². The number of halogens is 1. The van der Waals surface area contributed by atoms with Gasteiger partial charge in [0, 0.05) is 11.5 Å². The van der Waals surface area contributed by atoms with Gasteiger partial charge in [-0.25, -0.2) is 4.39 Å². The zero-order chi connectivity index (χ0) is 25.9. The van der Waals surface area contributed by atoms with Crippen LogP contribution in [0.2, 0.25) is 0 Å². The van der Waals surface area contributed by atoms with Crippen LogP contribution in [-0.2, 0) is 17.8 Å². The normalized spacial score (nSPS) is 22.7. The Morgan fingerprint density at radius 2 is 1.84 bits per heavy atom. The molecule has 3 atom stereocenters. The van der Waals surface area contributed by atoms with Gasteiger partial charge in [0.25, 0.3) is 0 Å². The fourth-order valence-electron chi connectivity index (χ4n) is 6.41. The molecule has 5 heteroatoms. The van der Waals surface area contributed by atoms with Crippen LogP contribution in [0, 0.1) is 23.1 Å². The molecule has 3 aliphatic rings. The predicted octanol–water partition coefficient (Wildman–Crippen LogP) is 7.25. The highest BCUT2D eigenvalue weighted by Gasteiger charge is 2.59. The zero-order valence-electron chi connectivity index (χ0n) is 21.4. The first kappa shape index (κ1) is 23.8. The molecule has 0 aliphatic heterocycles. The Labute approximate surface area is 216 Å². The predicted molar refractivity (Wildman–Crippen MR) is 141 cm³/mol. The largest absolute Gasteiger partial charge is 0.497 e. The van der Waals surface area contributed by atoms with Gasteiger partial charge in [0.2, 0.25) is 0 Å². The van der Waals surface area contributed by atoms with Gasteiger partial charge in [-0.05, 0) is 100 Å². The summed E-state index contributed by atoms with van der Waals surface area (Å²) in [6.45, 7) is 4.85. The summed E-state index contributed by atoms with van der Waals surface area (Å²) in [5.74, 6) is 0.497. The van der Waals surface area contributed by atoms with Crippen molar-refractivity contribution < 1.29 is 23.8 Å². The molecule has 0 saturated heterocycles. The molecule has 0 radical (unpaired) electrons. The summed E-state index contributed by atoms with van der Waals surface area (Å²) in [5, 5.41) is 9.44. The number of hydrogen-bond acceptors (Lipinski definition) is 3. The monoisotopic (exact) mass is 498 g/mol. The van der Waals surface area contributed by atoms with E-state index in [2.05, 4.69) is 32.1 Å². The van der Waals surface area contributed by atoms with Crippen molar-refractivity contribution in [1.29, 1.82) is 0 Å². The molecule has 0 bridgehead atoms. The summed E-state index contributed by atoms with van der Waals surface area (Å²) < 4.78 is 26.6. The van der Waals surface area contributed by atoms with Crippen LogP contribution in [0.4, 0.5) is 4.39 Å². The highest BCUT2D eigenvalue weighted by Crippen LogP contribution is 2.61. The van der Waals surface area contributed by atoms with Gasteiger partial charge in [-0.3, -0.25) is 4.79 Å². The lowest BCUT2D eigenvalue weighted by atomic mass is 9.79. The standard InChI is InChI=1S/C32H31FO4/c1-32(2)12-4-5-27(32)24-13-18(6-10-22(24)25-15-20(36-3)9-11-28(25)33)17-37-21-8-7-19-14-26-29(23(19)16-21)30(26)31(34)35/h5-11,13,15-16,26,29-30H,4,12,14,17H2,1-3H3,(H,34,35)/t26-,29+,30-/m0/s1. The molecule has 190 valence electrons. The van der Waals surface area contributed by atoms with Gasteiger partial charge in [0.05, 0.1) is 13.0 Å². The van der Waals surface area contributed by atoms with Gasteiger partial charge in [-0.15, -0.1) is 0 Å². The molecule has 0 aromatic heterocycles. The van der Waals surface area contributed by atoms with E-state index in [-0.39, 0.29) is 29.0 Å². The molecular formula is C32H31FO4. The first-order valence-corrected chi connectivity index (χ1v) is 12.9. The van der Waals surface area contributed by atoms with E-state index in [0.29, 0.717) is 17.9 Å². The molecule has 0 unspecified atom stereocenters. The van der Waals surface area contributed by atoms with Gasteiger partial charge in [-0.2, -0.15) is 0 Å². The van der Waals surface area contributed by atoms with Crippen molar-refractivity contribution in [2.75, 3.05) is 7.11 Å². The number of aliphatic carboxylic acids is 1. The van der Waals surface area contributed by atoms with Crippen molar-refractivity contribution in [2.45, 2.75) is 45.6 Å². The lowest BCUT2D eigenvalue weighted by Gasteiger charge is -2.25. The second-order valence-electron chi connectivity index (χ2n) is 11.2. The minimum Gasteiger partial charge on any atom is -0.497 e. The van der Waals surface area contributed by atoms with E-state index in [1.54, 1.807) is 19.2 Å². The molecule has 1 fully saturated rings. The Bertz CT molecular complexity index is 1440. The fourth-order valence-corrected chi connectivity index (χ4v) is 6.41. The number of rotatable bonds is 7. The number of methoxy groups -OCH3 is 1. The summed E-state index contributed by atoms with van der Waals surface area (Å²) in [5.41, 5.74) is 6.97. The molecule has 6 rings (SSSR count). The van der Waals surface area contributed by atoms with Crippen molar-refractivity contribution in [3.63, 3.8) is 0 Å². The maximum atomic E-state index is 15.0. The minimum absolute atomic E-state index is 0.00888. The van der Waals surface area contributed by atoms with Crippen LogP contribution < -0.4 is 9.47 Å². The Hall–Kier alpha value is -3.60. The van der Waals surface area contributed by atoms with Gasteiger partial charge in [-0.1, -0.05) is 38.1 Å². The van der Waals surface area contributed by atoms with Crippen LogP contribution >= 0.6 is 0 Å². The average molecular weight is 499 g/mol.